The van der Waals surface area contributed by atoms with Gasteiger partial charge < -0.3 is 19.6 Å². The fraction of sp³-hybridized carbons (Fsp3) is 0.391. The first kappa shape index (κ1) is 25.2. The molecule has 1 N–H and O–H groups in total. The molecule has 4 rings (SSSR count). The van der Waals surface area contributed by atoms with Crippen LogP contribution >= 0.6 is 0 Å². The van der Waals surface area contributed by atoms with Crippen LogP contribution in [-0.4, -0.2) is 82.7 Å². The summed E-state index contributed by atoms with van der Waals surface area (Å²) in [5, 5.41) is 7.12. The van der Waals surface area contributed by atoms with E-state index in [9.17, 15) is 22.8 Å². The molecule has 11 heteroatoms. The van der Waals surface area contributed by atoms with E-state index in [1.807, 2.05) is 48.5 Å². The highest BCUT2D eigenvalue weighted by molar-refractivity contribution is 5.90. The predicted molar refractivity (Wildman–Crippen MR) is 114 cm³/mol. The van der Waals surface area contributed by atoms with Crippen molar-refractivity contribution in [1.29, 1.82) is 0 Å². The average Bonchev–Trinajstić information content (AvgIpc) is 3.05. The van der Waals surface area contributed by atoms with Gasteiger partial charge in [0, 0.05) is 37.9 Å². The van der Waals surface area contributed by atoms with E-state index in [0.717, 1.165) is 11.3 Å². The highest BCUT2D eigenvalue weighted by Crippen LogP contribution is 2.41. The van der Waals surface area contributed by atoms with Crippen molar-refractivity contribution in [3.8, 4) is 0 Å². The summed E-state index contributed by atoms with van der Waals surface area (Å²) >= 11 is 0. The van der Waals surface area contributed by atoms with E-state index in [1.54, 1.807) is 23.0 Å². The number of carbonyl (C=O) groups is 3. The van der Waals surface area contributed by atoms with Crippen LogP contribution in [0.3, 0.4) is 0 Å². The Hall–Kier alpha value is -3.47. The van der Waals surface area contributed by atoms with Crippen LogP contribution in [0.2, 0.25) is 0 Å². The van der Waals surface area contributed by atoms with Gasteiger partial charge in [0.05, 0.1) is 19.6 Å². The van der Waals surface area contributed by atoms with Crippen molar-refractivity contribution >= 4 is 17.8 Å². The van der Waals surface area contributed by atoms with Crippen molar-refractivity contribution in [2.24, 2.45) is 0 Å². The van der Waals surface area contributed by atoms with Crippen LogP contribution in [0.4, 0.5) is 13.2 Å². The van der Waals surface area contributed by atoms with Crippen LogP contribution < -0.4 is 0 Å². The molecular weight excluding hydrogens is 455 g/mol. The fourth-order valence-electron chi connectivity index (χ4n) is 4.11. The van der Waals surface area contributed by atoms with Crippen molar-refractivity contribution in [2.45, 2.75) is 24.1 Å². The van der Waals surface area contributed by atoms with E-state index in [1.165, 1.54) is 0 Å². The molecule has 2 aromatic rings. The summed E-state index contributed by atoms with van der Waals surface area (Å²) in [7, 11) is 1.80. The van der Waals surface area contributed by atoms with E-state index < -0.39 is 17.7 Å². The smallest absolute Gasteiger partial charge is 0.475 e. The minimum absolute atomic E-state index is 0.0226. The van der Waals surface area contributed by atoms with Crippen LogP contribution in [0.15, 0.2) is 54.7 Å². The number of carboxylic acid groups (broad SMARTS) is 1. The highest BCUT2D eigenvalue weighted by Gasteiger charge is 2.57. The van der Waals surface area contributed by atoms with Gasteiger partial charge in [-0.05, 0) is 17.7 Å². The summed E-state index contributed by atoms with van der Waals surface area (Å²) in [6.07, 6.45) is -3.17. The lowest BCUT2D eigenvalue weighted by Gasteiger charge is -2.42. The molecule has 2 atom stereocenters. The summed E-state index contributed by atoms with van der Waals surface area (Å²) in [6.45, 7) is 1.72. The summed E-state index contributed by atoms with van der Waals surface area (Å²) in [5.74, 6) is -2.92. The van der Waals surface area contributed by atoms with E-state index in [-0.39, 0.29) is 30.7 Å². The highest BCUT2D eigenvalue weighted by atomic mass is 19.4. The maximum absolute atomic E-state index is 13.0. The van der Waals surface area contributed by atoms with Crippen molar-refractivity contribution in [1.82, 2.24) is 14.8 Å². The molecule has 8 nitrogen and oxygen atoms in total. The number of likely N-dealkylation sites (tertiary alicyclic amines) is 1. The normalized spacial score (nSPS) is 22.4. The number of likely N-dealkylation sites (N-methyl/N-ethyl adjacent to an activating group) is 1. The molecule has 0 bridgehead atoms. The van der Waals surface area contributed by atoms with E-state index >= 15 is 0 Å². The third-order valence-corrected chi connectivity index (χ3v) is 5.73. The minimum Gasteiger partial charge on any atom is -0.475 e. The van der Waals surface area contributed by atoms with E-state index in [2.05, 4.69) is 4.98 Å². The number of hydrogen-bond donors (Lipinski definition) is 1. The van der Waals surface area contributed by atoms with Gasteiger partial charge in [0.15, 0.2) is 5.60 Å². The maximum atomic E-state index is 13.0. The molecule has 0 radical (unpaired) electrons. The number of morpholine rings is 1. The van der Waals surface area contributed by atoms with Crippen molar-refractivity contribution < 1.29 is 37.4 Å². The van der Waals surface area contributed by atoms with Gasteiger partial charge in [-0.3, -0.25) is 14.6 Å². The number of rotatable bonds is 3. The fourth-order valence-corrected chi connectivity index (χ4v) is 4.11. The van der Waals surface area contributed by atoms with Gasteiger partial charge in [0.2, 0.25) is 5.91 Å². The van der Waals surface area contributed by atoms with E-state index in [4.69, 9.17) is 14.6 Å². The molecule has 1 aromatic carbocycles. The molecule has 2 amide bonds. The van der Waals surface area contributed by atoms with Crippen LogP contribution in [0.1, 0.15) is 17.2 Å². The molecule has 1 aromatic heterocycles. The Balaban J connectivity index is 0.000000406. The summed E-state index contributed by atoms with van der Waals surface area (Å²) in [4.78, 5) is 42.5. The Morgan fingerprint density at radius 3 is 2.41 bits per heavy atom. The number of carbonyl (C=O) groups excluding carboxylic acids is 2. The Labute approximate surface area is 193 Å². The Morgan fingerprint density at radius 1 is 1.18 bits per heavy atom. The number of pyridine rings is 1. The Kier molecular flexibility index (Phi) is 7.55. The lowest BCUT2D eigenvalue weighted by molar-refractivity contribution is -0.192. The van der Waals surface area contributed by atoms with Crippen LogP contribution in [-0.2, 0) is 25.5 Å². The molecule has 0 aliphatic carbocycles. The number of halogens is 3. The summed E-state index contributed by atoms with van der Waals surface area (Å²) < 4.78 is 37.8. The van der Waals surface area contributed by atoms with Crippen LogP contribution in [0.25, 0.3) is 0 Å². The second-order valence-corrected chi connectivity index (χ2v) is 8.00. The SMILES string of the molecule is CN1CC(c2ccccc2)C2(CN(C(=O)Cc3ccccn3)CCO2)C1=O.O=C(O)C(F)(F)F. The predicted octanol–water partition coefficient (Wildman–Crippen LogP) is 2.11. The van der Waals surface area contributed by atoms with Gasteiger partial charge in [-0.1, -0.05) is 36.4 Å². The first-order valence-corrected chi connectivity index (χ1v) is 10.5. The molecule has 2 saturated heterocycles. The van der Waals surface area contributed by atoms with Crippen molar-refractivity contribution in [3.05, 3.63) is 66.0 Å². The number of nitrogens with zero attached hydrogens (tertiary/aromatic N) is 3. The van der Waals surface area contributed by atoms with Crippen LogP contribution in [0.5, 0.6) is 0 Å². The van der Waals surface area contributed by atoms with Gasteiger partial charge in [-0.2, -0.15) is 13.2 Å². The summed E-state index contributed by atoms with van der Waals surface area (Å²) in [6, 6.07) is 15.5. The second kappa shape index (κ2) is 10.2. The third kappa shape index (κ3) is 5.53. The molecule has 2 fully saturated rings. The molecule has 2 aliphatic rings. The number of carboxylic acids is 1. The Bertz CT molecular complexity index is 1020. The largest absolute Gasteiger partial charge is 0.490 e. The lowest BCUT2D eigenvalue weighted by atomic mass is 9.83. The quantitative estimate of drug-likeness (QED) is 0.724. The second-order valence-electron chi connectivity index (χ2n) is 8.00. The Morgan fingerprint density at radius 2 is 1.82 bits per heavy atom. The van der Waals surface area contributed by atoms with Gasteiger partial charge in [-0.25, -0.2) is 4.79 Å². The topological polar surface area (TPSA) is 100 Å². The zero-order valence-corrected chi connectivity index (χ0v) is 18.4. The average molecular weight is 479 g/mol. The molecule has 0 saturated carbocycles. The zero-order chi connectivity index (χ0) is 24.9. The van der Waals surface area contributed by atoms with Gasteiger partial charge in [0.25, 0.3) is 5.91 Å². The first-order chi connectivity index (χ1) is 16.0. The monoisotopic (exact) mass is 479 g/mol. The van der Waals surface area contributed by atoms with Crippen molar-refractivity contribution in [3.63, 3.8) is 0 Å². The minimum atomic E-state index is -5.08. The van der Waals surface area contributed by atoms with Crippen molar-refractivity contribution in [2.75, 3.05) is 33.3 Å². The molecule has 2 unspecified atom stereocenters. The number of hydrogen-bond acceptors (Lipinski definition) is 5. The number of amides is 2. The van der Waals surface area contributed by atoms with Gasteiger partial charge in [0.1, 0.15) is 0 Å². The first-order valence-electron chi connectivity index (χ1n) is 10.5. The number of aromatic nitrogens is 1. The van der Waals surface area contributed by atoms with Gasteiger partial charge >= 0.3 is 12.1 Å². The standard InChI is InChI=1S/C21H23N3O3.C2HF3O2/c1-23-14-18(16-7-3-2-4-8-16)21(20(23)26)15-24(11-12-27-21)19(25)13-17-9-5-6-10-22-17;3-2(4,5)1(6)7/h2-10,18H,11-15H2,1H3;(H,6,7). The zero-order valence-electron chi connectivity index (χ0n) is 18.4. The lowest BCUT2D eigenvalue weighted by Crippen LogP contribution is -2.59. The maximum Gasteiger partial charge on any atom is 0.490 e. The molecule has 2 aliphatic heterocycles. The number of aliphatic carboxylic acids is 1. The summed E-state index contributed by atoms with van der Waals surface area (Å²) in [5.41, 5.74) is 0.792. The molecule has 1 spiro atoms. The molecular formula is C23H24F3N3O5. The van der Waals surface area contributed by atoms with Crippen LogP contribution in [0, 0.1) is 0 Å². The number of ether oxygens (including phenoxy) is 1. The molecule has 182 valence electrons. The van der Waals surface area contributed by atoms with Gasteiger partial charge in [-0.15, -0.1) is 0 Å². The van der Waals surface area contributed by atoms with E-state index in [0.29, 0.717) is 19.7 Å². The number of benzene rings is 1. The number of alkyl halides is 3. The molecule has 34 heavy (non-hydrogen) atoms. The third-order valence-electron chi connectivity index (χ3n) is 5.73. The molecule has 3 heterocycles.